The Morgan fingerprint density at radius 2 is 2.06 bits per heavy atom. The van der Waals surface area contributed by atoms with Crippen molar-refractivity contribution in [1.29, 1.82) is 5.26 Å². The first kappa shape index (κ1) is 23.4. The van der Waals surface area contributed by atoms with Gasteiger partial charge in [0.1, 0.15) is 17.4 Å². The molecule has 2 saturated heterocycles. The lowest BCUT2D eigenvalue weighted by molar-refractivity contribution is 0.101. The number of hydrogen-bond acceptors (Lipinski definition) is 6. The minimum absolute atomic E-state index is 0.136. The average Bonchev–Trinajstić information content (AvgIpc) is 3.16. The zero-order valence-electron chi connectivity index (χ0n) is 19.2. The van der Waals surface area contributed by atoms with Crippen molar-refractivity contribution in [2.75, 3.05) is 44.2 Å². The number of aliphatic hydroxyl groups is 1. The van der Waals surface area contributed by atoms with Crippen LogP contribution in [-0.2, 0) is 0 Å². The molecule has 0 spiro atoms. The fourth-order valence-corrected chi connectivity index (χ4v) is 5.91. The summed E-state index contributed by atoms with van der Waals surface area (Å²) in [4.78, 5) is 14.2. The summed E-state index contributed by atoms with van der Waals surface area (Å²) >= 11 is 12.6. The van der Waals surface area contributed by atoms with Crippen LogP contribution in [0.1, 0.15) is 36.9 Å². The highest BCUT2D eigenvalue weighted by Gasteiger charge is 2.36. The predicted octanol–water partition coefficient (Wildman–Crippen LogP) is 4.36. The van der Waals surface area contributed by atoms with Crippen molar-refractivity contribution in [1.82, 2.24) is 19.4 Å². The van der Waals surface area contributed by atoms with Crippen LogP contribution in [0.25, 0.3) is 11.2 Å². The van der Waals surface area contributed by atoms with E-state index in [1.165, 1.54) is 12.8 Å². The Morgan fingerprint density at radius 3 is 2.79 bits per heavy atom. The van der Waals surface area contributed by atoms with Crippen molar-refractivity contribution in [2.45, 2.75) is 25.8 Å². The molecule has 34 heavy (non-hydrogen) atoms. The number of aromatic nitrogens is 3. The number of likely N-dealkylation sites (tertiary alicyclic amines) is 1. The van der Waals surface area contributed by atoms with Gasteiger partial charge in [0.15, 0.2) is 5.65 Å². The van der Waals surface area contributed by atoms with Gasteiger partial charge in [0.25, 0.3) is 0 Å². The topological polar surface area (TPSA) is 81.2 Å². The molecule has 2 aliphatic heterocycles. The second-order valence-corrected chi connectivity index (χ2v) is 10.2. The number of fused-ring (bicyclic) bond motifs is 1. The molecule has 5 rings (SSSR count). The first-order chi connectivity index (χ1) is 16.5. The number of anilines is 1. The van der Waals surface area contributed by atoms with Gasteiger partial charge in [0.05, 0.1) is 24.4 Å². The van der Waals surface area contributed by atoms with Gasteiger partial charge in [0, 0.05) is 42.4 Å². The molecule has 0 bridgehead atoms. The molecule has 3 aromatic rings. The second kappa shape index (κ2) is 9.71. The van der Waals surface area contributed by atoms with E-state index in [9.17, 15) is 10.4 Å². The number of aliphatic hydroxyl groups excluding tert-OH is 1. The van der Waals surface area contributed by atoms with E-state index < -0.39 is 0 Å². The van der Waals surface area contributed by atoms with Gasteiger partial charge in [-0.15, -0.1) is 0 Å². The van der Waals surface area contributed by atoms with Crippen LogP contribution < -0.4 is 4.90 Å². The Balaban J connectivity index is 1.38. The summed E-state index contributed by atoms with van der Waals surface area (Å²) in [6.07, 6.45) is 6.03. The van der Waals surface area contributed by atoms with Gasteiger partial charge < -0.3 is 19.5 Å². The van der Waals surface area contributed by atoms with Gasteiger partial charge in [-0.1, -0.05) is 29.3 Å². The summed E-state index contributed by atoms with van der Waals surface area (Å²) in [7, 11) is 0. The summed E-state index contributed by atoms with van der Waals surface area (Å²) in [5.74, 6) is 2.13. The molecule has 2 aromatic heterocycles. The molecular formula is C25H28Cl2N6O. The van der Waals surface area contributed by atoms with Crippen LogP contribution in [0.5, 0.6) is 0 Å². The third kappa shape index (κ3) is 4.36. The molecule has 1 aromatic carbocycles. The summed E-state index contributed by atoms with van der Waals surface area (Å²) in [6, 6.07) is 7.58. The summed E-state index contributed by atoms with van der Waals surface area (Å²) in [5.41, 5.74) is 2.70. The molecule has 2 aliphatic rings. The van der Waals surface area contributed by atoms with E-state index in [1.807, 2.05) is 23.6 Å². The Hall–Kier alpha value is -2.37. The lowest BCUT2D eigenvalue weighted by Crippen LogP contribution is -2.54. The minimum Gasteiger partial charge on any atom is -0.395 e. The predicted molar refractivity (Wildman–Crippen MR) is 134 cm³/mol. The standard InChI is InChI=1S/C25H28Cl2N6O/c1-16(21-5-4-20(26)9-22(21)27)33-15-18(10-28)24-25(33)30-23(11-29-24)32-13-19(14-32)17-3-2-6-31(12-17)7-8-34/h4-5,9,11,15-17,19,34H,2-3,6-8,12-14H2,1H3. The molecule has 7 nitrogen and oxygen atoms in total. The van der Waals surface area contributed by atoms with Gasteiger partial charge in [-0.2, -0.15) is 5.26 Å². The maximum atomic E-state index is 9.66. The fraction of sp³-hybridized carbons (Fsp3) is 0.480. The van der Waals surface area contributed by atoms with Gasteiger partial charge in [-0.25, -0.2) is 9.97 Å². The summed E-state index contributed by atoms with van der Waals surface area (Å²) in [5, 5.41) is 20.1. The molecule has 9 heteroatoms. The Bertz CT molecular complexity index is 1230. The first-order valence-electron chi connectivity index (χ1n) is 11.8. The number of nitriles is 1. The van der Waals surface area contributed by atoms with E-state index in [4.69, 9.17) is 28.2 Å². The van der Waals surface area contributed by atoms with Crippen LogP contribution in [0.2, 0.25) is 10.0 Å². The Labute approximate surface area is 209 Å². The zero-order chi connectivity index (χ0) is 23.8. The van der Waals surface area contributed by atoms with Crippen molar-refractivity contribution in [3.63, 3.8) is 0 Å². The molecule has 0 aliphatic carbocycles. The van der Waals surface area contributed by atoms with Crippen LogP contribution >= 0.6 is 23.2 Å². The number of hydrogen-bond donors (Lipinski definition) is 1. The van der Waals surface area contributed by atoms with Gasteiger partial charge in [-0.05, 0) is 55.8 Å². The van der Waals surface area contributed by atoms with Crippen molar-refractivity contribution in [2.24, 2.45) is 11.8 Å². The van der Waals surface area contributed by atoms with E-state index >= 15 is 0 Å². The van der Waals surface area contributed by atoms with Crippen molar-refractivity contribution >= 4 is 40.2 Å². The van der Waals surface area contributed by atoms with Crippen LogP contribution in [0, 0.1) is 23.2 Å². The average molecular weight is 499 g/mol. The number of nitrogens with zero attached hydrogens (tertiary/aromatic N) is 6. The molecule has 2 unspecified atom stereocenters. The molecule has 178 valence electrons. The van der Waals surface area contributed by atoms with Crippen molar-refractivity contribution in [3.05, 3.63) is 51.8 Å². The summed E-state index contributed by atoms with van der Waals surface area (Å²) in [6.45, 7) is 7.10. The molecule has 0 amide bonds. The number of benzene rings is 1. The second-order valence-electron chi connectivity index (χ2n) is 9.40. The lowest BCUT2D eigenvalue weighted by Gasteiger charge is -2.47. The van der Waals surface area contributed by atoms with Crippen LogP contribution in [-0.4, -0.2) is 63.9 Å². The largest absolute Gasteiger partial charge is 0.395 e. The molecule has 2 atom stereocenters. The monoisotopic (exact) mass is 498 g/mol. The molecular weight excluding hydrogens is 471 g/mol. The van der Waals surface area contributed by atoms with Gasteiger partial charge in [-0.3, -0.25) is 0 Å². The van der Waals surface area contributed by atoms with Crippen LogP contribution in [0.4, 0.5) is 5.82 Å². The normalized spacial score (nSPS) is 20.3. The van der Waals surface area contributed by atoms with E-state index in [-0.39, 0.29) is 12.6 Å². The minimum atomic E-state index is -0.136. The third-order valence-corrected chi connectivity index (χ3v) is 7.88. The van der Waals surface area contributed by atoms with Crippen LogP contribution in [0.15, 0.2) is 30.6 Å². The van der Waals surface area contributed by atoms with Gasteiger partial charge >= 0.3 is 0 Å². The smallest absolute Gasteiger partial charge is 0.163 e. The van der Waals surface area contributed by atoms with Crippen molar-refractivity contribution < 1.29 is 5.11 Å². The molecule has 4 heterocycles. The Morgan fingerprint density at radius 1 is 1.24 bits per heavy atom. The summed E-state index contributed by atoms with van der Waals surface area (Å²) < 4.78 is 1.98. The molecule has 2 fully saturated rings. The molecule has 1 N–H and O–H groups in total. The number of rotatable bonds is 6. The number of piperidine rings is 1. The van der Waals surface area contributed by atoms with E-state index in [1.54, 1.807) is 18.5 Å². The number of β-amino-alcohol motifs (C(OH)–C–C–N with tert-alkyl or cyclic N) is 1. The SMILES string of the molecule is CC(c1ccc(Cl)cc1Cl)n1cc(C#N)c2ncc(N3CC(C4CCCN(CCO)C4)C3)nc21. The van der Waals surface area contributed by atoms with Crippen molar-refractivity contribution in [3.8, 4) is 6.07 Å². The number of halogens is 2. The zero-order valence-corrected chi connectivity index (χ0v) is 20.7. The van der Waals surface area contributed by atoms with Crippen LogP contribution in [0.3, 0.4) is 0 Å². The maximum Gasteiger partial charge on any atom is 0.163 e. The lowest BCUT2D eigenvalue weighted by atomic mass is 9.80. The first-order valence-corrected chi connectivity index (χ1v) is 12.5. The van der Waals surface area contributed by atoms with E-state index in [0.717, 1.165) is 44.1 Å². The maximum absolute atomic E-state index is 9.66. The highest BCUT2D eigenvalue weighted by molar-refractivity contribution is 6.35. The quantitative estimate of drug-likeness (QED) is 0.543. The third-order valence-electron chi connectivity index (χ3n) is 7.32. The van der Waals surface area contributed by atoms with E-state index in [2.05, 4.69) is 20.9 Å². The highest BCUT2D eigenvalue weighted by atomic mass is 35.5. The fourth-order valence-electron chi connectivity index (χ4n) is 5.34. The highest BCUT2D eigenvalue weighted by Crippen LogP contribution is 2.35. The Kier molecular flexibility index (Phi) is 6.67. The van der Waals surface area contributed by atoms with E-state index in [0.29, 0.717) is 38.6 Å². The van der Waals surface area contributed by atoms with Gasteiger partial charge in [0.2, 0.25) is 0 Å². The molecule has 0 radical (unpaired) electrons. The molecule has 0 saturated carbocycles.